The Kier molecular flexibility index (Phi) is 4.29. The lowest BCUT2D eigenvalue weighted by atomic mass is 10.1. The van der Waals surface area contributed by atoms with Gasteiger partial charge in [0.25, 0.3) is 0 Å². The molecule has 0 aliphatic carbocycles. The number of hydrogen-bond acceptors (Lipinski definition) is 4. The quantitative estimate of drug-likeness (QED) is 0.501. The molecule has 0 saturated carbocycles. The third-order valence-electron chi connectivity index (χ3n) is 5.41. The topological polar surface area (TPSA) is 48.1 Å². The Morgan fingerprint density at radius 1 is 0.893 bits per heavy atom. The number of aromatic nitrogens is 3. The fraction of sp³-hybridized carbons (Fsp3) is 0.238. The summed E-state index contributed by atoms with van der Waals surface area (Å²) in [7, 11) is 0. The van der Waals surface area contributed by atoms with Crippen LogP contribution >= 0.6 is 23.2 Å². The number of hydrogen-bond donors (Lipinski definition) is 1. The zero-order chi connectivity index (χ0) is 19.3. The van der Waals surface area contributed by atoms with Crippen LogP contribution in [0.1, 0.15) is 5.56 Å². The molecule has 28 heavy (non-hydrogen) atoms. The second-order valence-corrected chi connectivity index (χ2v) is 8.01. The first-order chi connectivity index (χ1) is 13.6. The number of nitrogens with zero attached hydrogens (tertiary/aromatic N) is 4. The van der Waals surface area contributed by atoms with Gasteiger partial charge in [0.05, 0.1) is 0 Å². The molecule has 5 rings (SSSR count). The zero-order valence-corrected chi connectivity index (χ0v) is 16.9. The minimum Gasteiger partial charge on any atom is -0.368 e. The van der Waals surface area contributed by atoms with Crippen LogP contribution in [0.3, 0.4) is 0 Å². The molecule has 3 heterocycles. The number of aromatic amines is 1. The van der Waals surface area contributed by atoms with E-state index in [1.54, 1.807) is 6.33 Å². The van der Waals surface area contributed by atoms with Crippen LogP contribution in [-0.4, -0.2) is 41.1 Å². The van der Waals surface area contributed by atoms with Gasteiger partial charge in [-0.15, -0.1) is 0 Å². The monoisotopic (exact) mass is 411 g/mol. The number of halogens is 2. The molecule has 5 nitrogen and oxygen atoms in total. The van der Waals surface area contributed by atoms with Crippen molar-refractivity contribution in [1.29, 1.82) is 0 Å². The zero-order valence-electron chi connectivity index (χ0n) is 15.4. The maximum atomic E-state index is 6.21. The lowest BCUT2D eigenvalue weighted by molar-refractivity contribution is 0.647. The molecular formula is C21H19Cl2N5. The highest BCUT2D eigenvalue weighted by Gasteiger charge is 2.22. The summed E-state index contributed by atoms with van der Waals surface area (Å²) in [6.45, 7) is 5.72. The standard InChI is InChI=1S/C21H19Cl2N5/c1-13-2-3-15(23)11-18(13)27-6-8-28(9-7-27)21-20-19(24-12-25-21)16-10-14(22)4-5-17(16)26-20/h2-5,10-12,26H,6-9H2,1H3. The Balaban J connectivity index is 1.46. The third kappa shape index (κ3) is 2.95. The van der Waals surface area contributed by atoms with Crippen LogP contribution in [0.15, 0.2) is 42.7 Å². The number of H-pyrrole nitrogens is 1. The molecule has 7 heteroatoms. The predicted molar refractivity (Wildman–Crippen MR) is 117 cm³/mol. The Hall–Kier alpha value is -2.50. The number of rotatable bonds is 2. The van der Waals surface area contributed by atoms with E-state index in [1.165, 1.54) is 11.3 Å². The minimum absolute atomic E-state index is 0.707. The summed E-state index contributed by atoms with van der Waals surface area (Å²) in [6, 6.07) is 11.9. The van der Waals surface area contributed by atoms with Gasteiger partial charge in [-0.05, 0) is 42.8 Å². The molecule has 2 aromatic carbocycles. The van der Waals surface area contributed by atoms with Gasteiger partial charge in [0, 0.05) is 52.8 Å². The van der Waals surface area contributed by atoms with Crippen molar-refractivity contribution >= 4 is 56.6 Å². The maximum Gasteiger partial charge on any atom is 0.156 e. The van der Waals surface area contributed by atoms with E-state index in [4.69, 9.17) is 23.2 Å². The number of fused-ring (bicyclic) bond motifs is 3. The molecule has 0 unspecified atom stereocenters. The molecule has 1 saturated heterocycles. The van der Waals surface area contributed by atoms with Gasteiger partial charge in [-0.25, -0.2) is 9.97 Å². The highest BCUT2D eigenvalue weighted by Crippen LogP contribution is 2.32. The van der Waals surface area contributed by atoms with Crippen molar-refractivity contribution in [3.63, 3.8) is 0 Å². The van der Waals surface area contributed by atoms with E-state index in [2.05, 4.69) is 43.8 Å². The number of anilines is 2. The van der Waals surface area contributed by atoms with Gasteiger partial charge in [-0.3, -0.25) is 0 Å². The number of nitrogens with one attached hydrogen (secondary N) is 1. The molecule has 1 aliphatic rings. The van der Waals surface area contributed by atoms with Crippen molar-refractivity contribution in [2.75, 3.05) is 36.0 Å². The van der Waals surface area contributed by atoms with Crippen molar-refractivity contribution in [3.8, 4) is 0 Å². The smallest absolute Gasteiger partial charge is 0.156 e. The Morgan fingerprint density at radius 2 is 1.61 bits per heavy atom. The summed E-state index contributed by atoms with van der Waals surface area (Å²) in [5, 5.41) is 2.51. The van der Waals surface area contributed by atoms with Crippen LogP contribution in [0.4, 0.5) is 11.5 Å². The van der Waals surface area contributed by atoms with E-state index in [1.807, 2.05) is 24.3 Å². The van der Waals surface area contributed by atoms with Crippen molar-refractivity contribution in [3.05, 3.63) is 58.3 Å². The Labute approximate surface area is 172 Å². The highest BCUT2D eigenvalue weighted by atomic mass is 35.5. The van der Waals surface area contributed by atoms with E-state index in [9.17, 15) is 0 Å². The Bertz CT molecular complexity index is 1180. The van der Waals surface area contributed by atoms with E-state index in [0.717, 1.165) is 59.0 Å². The summed E-state index contributed by atoms with van der Waals surface area (Å²) in [6.07, 6.45) is 1.64. The van der Waals surface area contributed by atoms with Gasteiger partial charge in [0.2, 0.25) is 0 Å². The van der Waals surface area contributed by atoms with Gasteiger partial charge in [0.15, 0.2) is 5.82 Å². The van der Waals surface area contributed by atoms with Crippen molar-refractivity contribution in [2.45, 2.75) is 6.92 Å². The van der Waals surface area contributed by atoms with E-state index >= 15 is 0 Å². The van der Waals surface area contributed by atoms with Crippen LogP contribution in [0.5, 0.6) is 0 Å². The summed E-state index contributed by atoms with van der Waals surface area (Å²) >= 11 is 12.4. The summed E-state index contributed by atoms with van der Waals surface area (Å²) in [5.74, 6) is 0.944. The molecule has 0 amide bonds. The van der Waals surface area contributed by atoms with Gasteiger partial charge in [-0.1, -0.05) is 29.3 Å². The molecule has 0 radical (unpaired) electrons. The summed E-state index contributed by atoms with van der Waals surface area (Å²) in [4.78, 5) is 17.3. The van der Waals surface area contributed by atoms with E-state index < -0.39 is 0 Å². The van der Waals surface area contributed by atoms with Crippen LogP contribution in [0.25, 0.3) is 21.9 Å². The molecule has 0 spiro atoms. The average molecular weight is 412 g/mol. The van der Waals surface area contributed by atoms with Crippen molar-refractivity contribution < 1.29 is 0 Å². The molecule has 142 valence electrons. The average Bonchev–Trinajstić information content (AvgIpc) is 3.08. The molecular weight excluding hydrogens is 393 g/mol. The number of piperazine rings is 1. The second-order valence-electron chi connectivity index (χ2n) is 7.14. The molecule has 4 aromatic rings. The molecule has 1 N–H and O–H groups in total. The van der Waals surface area contributed by atoms with Crippen LogP contribution in [0.2, 0.25) is 10.0 Å². The first-order valence-electron chi connectivity index (χ1n) is 9.28. The Morgan fingerprint density at radius 3 is 2.43 bits per heavy atom. The first kappa shape index (κ1) is 17.6. The van der Waals surface area contributed by atoms with Gasteiger partial charge in [-0.2, -0.15) is 0 Å². The van der Waals surface area contributed by atoms with Crippen molar-refractivity contribution in [2.24, 2.45) is 0 Å². The van der Waals surface area contributed by atoms with Crippen LogP contribution in [-0.2, 0) is 0 Å². The highest BCUT2D eigenvalue weighted by molar-refractivity contribution is 6.32. The van der Waals surface area contributed by atoms with E-state index in [-0.39, 0.29) is 0 Å². The minimum atomic E-state index is 0.707. The number of aryl methyl sites for hydroxylation is 1. The largest absolute Gasteiger partial charge is 0.368 e. The van der Waals surface area contributed by atoms with Crippen LogP contribution in [0, 0.1) is 6.92 Å². The fourth-order valence-corrected chi connectivity index (χ4v) is 4.31. The normalized spacial score (nSPS) is 15.0. The summed E-state index contributed by atoms with van der Waals surface area (Å²) < 4.78 is 0. The first-order valence-corrected chi connectivity index (χ1v) is 10.0. The van der Waals surface area contributed by atoms with Gasteiger partial charge < -0.3 is 14.8 Å². The van der Waals surface area contributed by atoms with E-state index in [0.29, 0.717) is 5.02 Å². The molecule has 2 aromatic heterocycles. The second kappa shape index (κ2) is 6.83. The van der Waals surface area contributed by atoms with Crippen LogP contribution < -0.4 is 9.80 Å². The molecule has 1 aliphatic heterocycles. The SMILES string of the molecule is Cc1ccc(Cl)cc1N1CCN(c2ncnc3c2[nH]c2ccc(Cl)cc23)CC1. The molecule has 0 atom stereocenters. The number of benzene rings is 2. The maximum absolute atomic E-state index is 6.21. The lowest BCUT2D eigenvalue weighted by Gasteiger charge is -2.37. The van der Waals surface area contributed by atoms with Crippen molar-refractivity contribution in [1.82, 2.24) is 15.0 Å². The molecule has 0 bridgehead atoms. The third-order valence-corrected chi connectivity index (χ3v) is 5.88. The van der Waals surface area contributed by atoms with Gasteiger partial charge >= 0.3 is 0 Å². The predicted octanol–water partition coefficient (Wildman–Crippen LogP) is 5.05. The fourth-order valence-electron chi connectivity index (χ4n) is 3.97. The molecule has 1 fully saturated rings. The lowest BCUT2D eigenvalue weighted by Crippen LogP contribution is -2.47. The van der Waals surface area contributed by atoms with Gasteiger partial charge in [0.1, 0.15) is 17.4 Å². The summed E-state index contributed by atoms with van der Waals surface area (Å²) in [5.41, 5.74) is 5.35.